The Bertz CT molecular complexity index is 445. The van der Waals surface area contributed by atoms with E-state index in [1.165, 1.54) is 17.8 Å². The highest BCUT2D eigenvalue weighted by Gasteiger charge is 2.28. The Kier molecular flexibility index (Phi) is 4.13. The maximum Gasteiger partial charge on any atom is 0.0605 e. The lowest BCUT2D eigenvalue weighted by Gasteiger charge is -2.39. The van der Waals surface area contributed by atoms with Crippen LogP contribution < -0.4 is 15.1 Å². The van der Waals surface area contributed by atoms with Gasteiger partial charge in [-0.1, -0.05) is 12.1 Å². The third-order valence-corrected chi connectivity index (χ3v) is 4.66. The van der Waals surface area contributed by atoms with Crippen molar-refractivity contribution in [2.45, 2.75) is 12.5 Å². The predicted molar refractivity (Wildman–Crippen MR) is 83.7 cm³/mol. The minimum Gasteiger partial charge on any atom is -0.381 e. The molecule has 1 N–H and O–H groups in total. The van der Waals surface area contributed by atoms with Crippen molar-refractivity contribution in [1.29, 1.82) is 0 Å². The minimum absolute atomic E-state index is 0.508. The van der Waals surface area contributed by atoms with Gasteiger partial charge in [0.15, 0.2) is 0 Å². The molecule has 1 aromatic rings. The van der Waals surface area contributed by atoms with Gasteiger partial charge in [0.1, 0.15) is 0 Å². The fourth-order valence-corrected chi connectivity index (χ4v) is 3.34. The van der Waals surface area contributed by atoms with E-state index < -0.39 is 0 Å². The van der Waals surface area contributed by atoms with Crippen LogP contribution in [-0.4, -0.2) is 53.0 Å². The lowest BCUT2D eigenvalue weighted by Crippen LogP contribution is -2.48. The van der Waals surface area contributed by atoms with Crippen LogP contribution in [0.4, 0.5) is 11.4 Å². The van der Waals surface area contributed by atoms with Gasteiger partial charge in [0.05, 0.1) is 18.0 Å². The Morgan fingerprint density at radius 3 is 2.80 bits per heavy atom. The van der Waals surface area contributed by atoms with Gasteiger partial charge in [0.25, 0.3) is 0 Å². The second-order valence-corrected chi connectivity index (χ2v) is 5.88. The zero-order valence-electron chi connectivity index (χ0n) is 12.5. The van der Waals surface area contributed by atoms with E-state index in [9.17, 15) is 0 Å². The number of hydrogen-bond acceptors (Lipinski definition) is 4. The Morgan fingerprint density at radius 2 is 2.10 bits per heavy atom. The first kappa shape index (κ1) is 13.7. The fourth-order valence-electron chi connectivity index (χ4n) is 3.34. The molecule has 2 unspecified atom stereocenters. The molecule has 2 aliphatic heterocycles. The highest BCUT2D eigenvalue weighted by atomic mass is 16.5. The molecule has 20 heavy (non-hydrogen) atoms. The van der Waals surface area contributed by atoms with Crippen molar-refractivity contribution in [3.63, 3.8) is 0 Å². The van der Waals surface area contributed by atoms with E-state index in [-0.39, 0.29) is 0 Å². The molecule has 4 nitrogen and oxygen atoms in total. The van der Waals surface area contributed by atoms with E-state index in [1.807, 2.05) is 0 Å². The van der Waals surface area contributed by atoms with Crippen molar-refractivity contribution >= 4 is 11.4 Å². The summed E-state index contributed by atoms with van der Waals surface area (Å²) in [5.74, 6) is 0.645. The van der Waals surface area contributed by atoms with Gasteiger partial charge in [-0.3, -0.25) is 0 Å². The molecule has 1 fully saturated rings. The van der Waals surface area contributed by atoms with Crippen LogP contribution in [-0.2, 0) is 4.74 Å². The highest BCUT2D eigenvalue weighted by Crippen LogP contribution is 2.32. The summed E-state index contributed by atoms with van der Waals surface area (Å²) in [5.41, 5.74) is 2.71. The molecule has 110 valence electrons. The summed E-state index contributed by atoms with van der Waals surface area (Å²) < 4.78 is 5.55. The molecule has 4 heteroatoms. The monoisotopic (exact) mass is 275 g/mol. The zero-order valence-corrected chi connectivity index (χ0v) is 12.5. The number of ether oxygens (including phenoxy) is 1. The average molecular weight is 275 g/mol. The molecule has 0 bridgehead atoms. The minimum atomic E-state index is 0.508. The third-order valence-electron chi connectivity index (χ3n) is 4.66. The summed E-state index contributed by atoms with van der Waals surface area (Å²) in [7, 11) is 4.25. The molecule has 0 saturated carbocycles. The molecular weight excluding hydrogens is 250 g/mol. The topological polar surface area (TPSA) is 27.7 Å². The quantitative estimate of drug-likeness (QED) is 0.902. The lowest BCUT2D eigenvalue weighted by atomic mass is 9.98. The van der Waals surface area contributed by atoms with Gasteiger partial charge in [0, 0.05) is 45.2 Å². The Hall–Kier alpha value is -1.26. The van der Waals surface area contributed by atoms with Crippen LogP contribution in [0.1, 0.15) is 6.42 Å². The van der Waals surface area contributed by atoms with E-state index in [2.05, 4.69) is 53.5 Å². The summed E-state index contributed by atoms with van der Waals surface area (Å²) in [6.45, 7) is 5.08. The van der Waals surface area contributed by atoms with E-state index in [4.69, 9.17) is 4.74 Å². The summed E-state index contributed by atoms with van der Waals surface area (Å²) in [6.07, 6.45) is 1.18. The Morgan fingerprint density at radius 1 is 1.30 bits per heavy atom. The van der Waals surface area contributed by atoms with Gasteiger partial charge in [-0.05, 0) is 25.6 Å². The van der Waals surface area contributed by atoms with Crippen molar-refractivity contribution in [1.82, 2.24) is 5.32 Å². The molecule has 2 heterocycles. The summed E-state index contributed by atoms with van der Waals surface area (Å²) in [6, 6.07) is 9.23. The second kappa shape index (κ2) is 6.02. The van der Waals surface area contributed by atoms with Crippen LogP contribution in [0.25, 0.3) is 0 Å². The van der Waals surface area contributed by atoms with Gasteiger partial charge in [-0.25, -0.2) is 0 Å². The van der Waals surface area contributed by atoms with E-state index >= 15 is 0 Å². The summed E-state index contributed by atoms with van der Waals surface area (Å²) >= 11 is 0. The fraction of sp³-hybridized carbons (Fsp3) is 0.625. The van der Waals surface area contributed by atoms with Crippen molar-refractivity contribution < 1.29 is 4.74 Å². The number of nitrogens with one attached hydrogen (secondary N) is 1. The summed E-state index contributed by atoms with van der Waals surface area (Å²) in [5, 5.41) is 3.50. The van der Waals surface area contributed by atoms with Crippen LogP contribution in [0.15, 0.2) is 24.3 Å². The number of fused-ring (bicyclic) bond motifs is 1. The molecule has 0 radical (unpaired) electrons. The molecule has 2 atom stereocenters. The van der Waals surface area contributed by atoms with Gasteiger partial charge >= 0.3 is 0 Å². The first-order valence-corrected chi connectivity index (χ1v) is 7.59. The number of nitrogens with zero attached hydrogens (tertiary/aromatic N) is 2. The van der Waals surface area contributed by atoms with Crippen molar-refractivity contribution in [3.8, 4) is 0 Å². The SMILES string of the molecule is CNC(CN1CCN(C)c2ccccc21)C1CCOC1. The molecule has 1 saturated heterocycles. The van der Waals surface area contributed by atoms with Crippen molar-refractivity contribution in [2.75, 3.05) is 56.7 Å². The molecule has 0 aromatic heterocycles. The number of anilines is 2. The molecule has 0 amide bonds. The van der Waals surface area contributed by atoms with E-state index in [0.29, 0.717) is 12.0 Å². The number of para-hydroxylation sites is 2. The number of rotatable bonds is 4. The molecule has 0 spiro atoms. The first-order chi connectivity index (χ1) is 9.79. The average Bonchev–Trinajstić information content (AvgIpc) is 3.01. The second-order valence-electron chi connectivity index (χ2n) is 5.88. The number of benzene rings is 1. The van der Waals surface area contributed by atoms with Gasteiger partial charge in [-0.15, -0.1) is 0 Å². The van der Waals surface area contributed by atoms with E-state index in [0.717, 1.165) is 32.8 Å². The normalized spacial score (nSPS) is 23.8. The zero-order chi connectivity index (χ0) is 13.9. The van der Waals surface area contributed by atoms with Gasteiger partial charge in [-0.2, -0.15) is 0 Å². The molecule has 2 aliphatic rings. The highest BCUT2D eigenvalue weighted by molar-refractivity contribution is 5.73. The van der Waals surface area contributed by atoms with Crippen molar-refractivity contribution in [3.05, 3.63) is 24.3 Å². The maximum absolute atomic E-state index is 5.55. The molecular formula is C16H25N3O. The molecule has 1 aromatic carbocycles. The lowest BCUT2D eigenvalue weighted by molar-refractivity contribution is 0.178. The molecule has 3 rings (SSSR count). The van der Waals surface area contributed by atoms with Crippen LogP contribution in [0.5, 0.6) is 0 Å². The predicted octanol–water partition coefficient (Wildman–Crippen LogP) is 1.57. The first-order valence-electron chi connectivity index (χ1n) is 7.59. The van der Waals surface area contributed by atoms with Gasteiger partial charge < -0.3 is 19.9 Å². The van der Waals surface area contributed by atoms with E-state index in [1.54, 1.807) is 0 Å². The summed E-state index contributed by atoms with van der Waals surface area (Å²) in [4.78, 5) is 4.87. The third kappa shape index (κ3) is 2.63. The smallest absolute Gasteiger partial charge is 0.0605 e. The maximum atomic E-state index is 5.55. The number of likely N-dealkylation sites (N-methyl/N-ethyl adjacent to an activating group) is 2. The molecule has 0 aliphatic carbocycles. The van der Waals surface area contributed by atoms with Gasteiger partial charge in [0.2, 0.25) is 0 Å². The van der Waals surface area contributed by atoms with Crippen LogP contribution in [0, 0.1) is 5.92 Å². The van der Waals surface area contributed by atoms with Crippen LogP contribution >= 0.6 is 0 Å². The van der Waals surface area contributed by atoms with Crippen LogP contribution in [0.3, 0.4) is 0 Å². The van der Waals surface area contributed by atoms with Crippen molar-refractivity contribution in [2.24, 2.45) is 5.92 Å². The largest absolute Gasteiger partial charge is 0.381 e. The Labute approximate surface area is 121 Å². The standard InChI is InChI=1S/C16H25N3O/c1-17-14(13-7-10-20-12-13)11-19-9-8-18(2)15-5-3-4-6-16(15)19/h3-6,13-14,17H,7-12H2,1-2H3. The Balaban J connectivity index is 1.75. The number of hydrogen-bond donors (Lipinski definition) is 1. The van der Waals surface area contributed by atoms with Crippen LogP contribution in [0.2, 0.25) is 0 Å².